The highest BCUT2D eigenvalue weighted by Crippen LogP contribution is 2.10. The number of para-hydroxylation sites is 1. The maximum Gasteiger partial charge on any atom is 0.385 e. The highest BCUT2D eigenvalue weighted by atomic mass is 16.7. The number of aliphatic imine (C=N–C) groups is 1. The van der Waals surface area contributed by atoms with E-state index in [1.807, 2.05) is 30.3 Å². The fraction of sp³-hybridized carbons (Fsp3) is 0.133. The van der Waals surface area contributed by atoms with E-state index in [4.69, 9.17) is 9.36 Å². The number of rotatable bonds is 5. The number of hydrogen-bond acceptors (Lipinski definition) is 7. The van der Waals surface area contributed by atoms with Gasteiger partial charge in [0, 0.05) is 6.07 Å². The predicted octanol–water partition coefficient (Wildman–Crippen LogP) is 1.89. The molecule has 1 N–H and O–H groups in total. The normalized spacial score (nSPS) is 10.9. The second-order valence-electron chi connectivity index (χ2n) is 4.82. The molecule has 3 aromatic rings. The van der Waals surface area contributed by atoms with E-state index in [1.165, 1.54) is 11.1 Å². The molecule has 0 aliphatic heterocycles. The third-order valence-corrected chi connectivity index (χ3v) is 2.98. The molecule has 2 heterocycles. The third-order valence-electron chi connectivity index (χ3n) is 2.98. The summed E-state index contributed by atoms with van der Waals surface area (Å²) in [7, 11) is 0. The molecule has 0 fully saturated rings. The Hall–Kier alpha value is -3.49. The summed E-state index contributed by atoms with van der Waals surface area (Å²) in [6.45, 7) is 3.42. The van der Waals surface area contributed by atoms with Gasteiger partial charge in [0.2, 0.25) is 0 Å². The SMILES string of the molecule is Cc1cc(N=CNOC(=O)c2nn(-c3ccccc3)nc2C)no1. The van der Waals surface area contributed by atoms with Gasteiger partial charge in [-0.2, -0.15) is 9.90 Å². The van der Waals surface area contributed by atoms with Gasteiger partial charge in [0.15, 0.2) is 11.5 Å². The minimum absolute atomic E-state index is 0.108. The highest BCUT2D eigenvalue weighted by molar-refractivity contribution is 5.88. The molecular weight excluding hydrogens is 312 g/mol. The summed E-state index contributed by atoms with van der Waals surface area (Å²) in [5, 5.41) is 12.0. The molecule has 0 aliphatic rings. The van der Waals surface area contributed by atoms with Crippen LogP contribution >= 0.6 is 0 Å². The Kier molecular flexibility index (Phi) is 4.32. The van der Waals surface area contributed by atoms with E-state index < -0.39 is 5.97 Å². The van der Waals surface area contributed by atoms with Crippen molar-refractivity contribution in [2.24, 2.45) is 4.99 Å². The number of carbonyl (C=O) groups excluding carboxylic acids is 1. The van der Waals surface area contributed by atoms with Crippen LogP contribution in [0.5, 0.6) is 0 Å². The van der Waals surface area contributed by atoms with Gasteiger partial charge in [-0.05, 0) is 26.0 Å². The molecule has 0 atom stereocenters. The van der Waals surface area contributed by atoms with Gasteiger partial charge in [-0.15, -0.1) is 5.10 Å². The number of hydroxylamine groups is 1. The van der Waals surface area contributed by atoms with Crippen LogP contribution in [0.3, 0.4) is 0 Å². The Labute approximate surface area is 136 Å². The molecule has 24 heavy (non-hydrogen) atoms. The smallest absolute Gasteiger partial charge is 0.359 e. The Balaban J connectivity index is 1.63. The summed E-state index contributed by atoms with van der Waals surface area (Å²) < 4.78 is 4.85. The van der Waals surface area contributed by atoms with Crippen molar-refractivity contribution in [2.75, 3.05) is 0 Å². The lowest BCUT2D eigenvalue weighted by molar-refractivity contribution is 0.0386. The quantitative estimate of drug-likeness (QED) is 0.433. The molecule has 9 nitrogen and oxygen atoms in total. The van der Waals surface area contributed by atoms with E-state index in [0.717, 1.165) is 5.69 Å². The minimum atomic E-state index is -0.669. The maximum absolute atomic E-state index is 12.0. The van der Waals surface area contributed by atoms with E-state index >= 15 is 0 Å². The van der Waals surface area contributed by atoms with Crippen molar-refractivity contribution in [1.29, 1.82) is 0 Å². The average Bonchev–Trinajstić information content (AvgIpc) is 3.18. The molecule has 0 radical (unpaired) electrons. The van der Waals surface area contributed by atoms with E-state index in [-0.39, 0.29) is 5.69 Å². The Morgan fingerprint density at radius 1 is 1.29 bits per heavy atom. The maximum atomic E-state index is 12.0. The molecule has 3 rings (SSSR count). The van der Waals surface area contributed by atoms with Crippen LogP contribution < -0.4 is 5.48 Å². The summed E-state index contributed by atoms with van der Waals surface area (Å²) in [5.74, 6) is 0.326. The molecule has 2 aromatic heterocycles. The highest BCUT2D eigenvalue weighted by Gasteiger charge is 2.18. The van der Waals surface area contributed by atoms with Crippen LogP contribution in [-0.2, 0) is 4.84 Å². The van der Waals surface area contributed by atoms with Gasteiger partial charge >= 0.3 is 5.97 Å². The van der Waals surface area contributed by atoms with E-state index in [0.29, 0.717) is 17.3 Å². The molecule has 0 spiro atoms. The van der Waals surface area contributed by atoms with Crippen molar-refractivity contribution < 1.29 is 14.2 Å². The lowest BCUT2D eigenvalue weighted by atomic mass is 10.3. The van der Waals surface area contributed by atoms with Gasteiger partial charge in [-0.1, -0.05) is 23.4 Å². The van der Waals surface area contributed by atoms with Crippen LogP contribution in [0.4, 0.5) is 5.82 Å². The number of aromatic nitrogens is 4. The average molecular weight is 326 g/mol. The van der Waals surface area contributed by atoms with E-state index in [2.05, 4.69) is 25.8 Å². The summed E-state index contributed by atoms with van der Waals surface area (Å²) in [6, 6.07) is 10.9. The zero-order valence-corrected chi connectivity index (χ0v) is 13.0. The van der Waals surface area contributed by atoms with Crippen molar-refractivity contribution >= 4 is 18.1 Å². The van der Waals surface area contributed by atoms with E-state index in [9.17, 15) is 4.79 Å². The zero-order valence-electron chi connectivity index (χ0n) is 13.0. The molecule has 0 aliphatic carbocycles. The monoisotopic (exact) mass is 326 g/mol. The molecule has 0 amide bonds. The lowest BCUT2D eigenvalue weighted by Crippen LogP contribution is -2.19. The van der Waals surface area contributed by atoms with Crippen molar-refractivity contribution in [1.82, 2.24) is 25.6 Å². The third kappa shape index (κ3) is 3.46. The second kappa shape index (κ2) is 6.73. The first-order valence-electron chi connectivity index (χ1n) is 7.05. The standard InChI is InChI=1S/C15H14N6O3/c1-10-8-13(20-23-10)16-9-17-24-15(22)14-11(2)18-21(19-14)12-6-4-3-5-7-12/h3-9H,1-2H3,(H,16,17,20). The molecule has 0 unspecified atom stereocenters. The first-order valence-corrected chi connectivity index (χ1v) is 7.05. The molecular formula is C15H14N6O3. The van der Waals surface area contributed by atoms with Gasteiger partial charge in [0.05, 0.1) is 11.4 Å². The summed E-state index contributed by atoms with van der Waals surface area (Å²) in [4.78, 5) is 22.2. The van der Waals surface area contributed by atoms with Crippen LogP contribution in [0.1, 0.15) is 21.9 Å². The largest absolute Gasteiger partial charge is 0.385 e. The van der Waals surface area contributed by atoms with Crippen molar-refractivity contribution in [2.45, 2.75) is 13.8 Å². The van der Waals surface area contributed by atoms with Gasteiger partial charge in [-0.3, -0.25) is 0 Å². The second-order valence-corrected chi connectivity index (χ2v) is 4.82. The number of nitrogens with one attached hydrogen (secondary N) is 1. The summed E-state index contributed by atoms with van der Waals surface area (Å²) in [6.07, 6.45) is 1.19. The van der Waals surface area contributed by atoms with Crippen LogP contribution in [-0.4, -0.2) is 32.5 Å². The predicted molar refractivity (Wildman–Crippen MR) is 84.0 cm³/mol. The zero-order chi connectivity index (χ0) is 16.9. The van der Waals surface area contributed by atoms with E-state index in [1.54, 1.807) is 19.9 Å². The van der Waals surface area contributed by atoms with Gasteiger partial charge in [0.1, 0.15) is 12.1 Å². The summed E-state index contributed by atoms with van der Waals surface area (Å²) >= 11 is 0. The van der Waals surface area contributed by atoms with Gasteiger partial charge in [0.25, 0.3) is 0 Å². The lowest BCUT2D eigenvalue weighted by Gasteiger charge is -1.99. The number of nitrogens with zero attached hydrogens (tertiary/aromatic N) is 5. The van der Waals surface area contributed by atoms with Crippen molar-refractivity contribution in [3.05, 3.63) is 53.5 Å². The van der Waals surface area contributed by atoms with Crippen molar-refractivity contribution in [3.63, 3.8) is 0 Å². The number of aryl methyl sites for hydroxylation is 2. The molecule has 0 saturated heterocycles. The molecule has 0 saturated carbocycles. The first kappa shape index (κ1) is 15.4. The molecule has 9 heteroatoms. The van der Waals surface area contributed by atoms with Crippen LogP contribution in [0, 0.1) is 13.8 Å². The molecule has 122 valence electrons. The van der Waals surface area contributed by atoms with Crippen LogP contribution in [0.15, 0.2) is 45.9 Å². The molecule has 0 bridgehead atoms. The van der Waals surface area contributed by atoms with Crippen LogP contribution in [0.2, 0.25) is 0 Å². The number of carbonyl (C=O) groups is 1. The fourth-order valence-electron chi connectivity index (χ4n) is 1.88. The Morgan fingerprint density at radius 3 is 2.79 bits per heavy atom. The van der Waals surface area contributed by atoms with Crippen LogP contribution in [0.25, 0.3) is 5.69 Å². The van der Waals surface area contributed by atoms with Crippen molar-refractivity contribution in [3.8, 4) is 5.69 Å². The fourth-order valence-corrected chi connectivity index (χ4v) is 1.88. The Morgan fingerprint density at radius 2 is 2.08 bits per heavy atom. The minimum Gasteiger partial charge on any atom is -0.359 e. The van der Waals surface area contributed by atoms with Gasteiger partial charge < -0.3 is 9.36 Å². The number of hydrogen-bond donors (Lipinski definition) is 1. The van der Waals surface area contributed by atoms with Gasteiger partial charge in [-0.25, -0.2) is 15.3 Å². The number of benzene rings is 1. The Bertz CT molecular complexity index is 868. The molecule has 1 aromatic carbocycles. The first-order chi connectivity index (χ1) is 11.6. The summed E-state index contributed by atoms with van der Waals surface area (Å²) in [5.41, 5.74) is 3.63. The topological polar surface area (TPSA) is 107 Å².